The Hall–Kier alpha value is -10.6. The first-order chi connectivity index (χ1) is 52.6. The van der Waals surface area contributed by atoms with E-state index in [-0.39, 0.29) is 64.1 Å². The maximum atomic E-state index is 12.8. The van der Waals surface area contributed by atoms with E-state index in [2.05, 4.69) is 129 Å². The van der Waals surface area contributed by atoms with Gasteiger partial charge < -0.3 is 10.1 Å². The maximum absolute atomic E-state index is 12.8. The van der Waals surface area contributed by atoms with Crippen LogP contribution >= 0.6 is 22.6 Å². The molecule has 1 N–H and O–H groups in total. The first kappa shape index (κ1) is 72.0. The molecule has 6 aliphatic rings. The molecule has 0 atom stereocenters. The van der Waals surface area contributed by atoms with E-state index >= 15 is 0 Å². The Morgan fingerprint density at radius 1 is 0.327 bits per heavy atom. The summed E-state index contributed by atoms with van der Waals surface area (Å²) in [4.78, 5) is 74.2. The van der Waals surface area contributed by atoms with Gasteiger partial charge >= 0.3 is 523 Å². The van der Waals surface area contributed by atoms with Crippen molar-refractivity contribution in [1.29, 1.82) is 0 Å². The summed E-state index contributed by atoms with van der Waals surface area (Å²) in [5.74, 6) is 6.42. The minimum absolute atomic E-state index is 0.0271. The minimum Gasteiger partial charge on any atom is -0.453 e. The van der Waals surface area contributed by atoms with Gasteiger partial charge in [-0.15, -0.1) is 0 Å². The molecule has 9 heterocycles. The Kier molecular flexibility index (Phi) is 22.8. The van der Waals surface area contributed by atoms with Gasteiger partial charge in [0.05, 0.1) is 17.8 Å². The molecule has 10 aromatic carbocycles. The molecule has 522 valence electrons. The summed E-state index contributed by atoms with van der Waals surface area (Å²) < 4.78 is 30.7. The van der Waals surface area contributed by atoms with Crippen LogP contribution < -0.4 is 39.0 Å². The van der Waals surface area contributed by atoms with Crippen molar-refractivity contribution in [2.24, 2.45) is 0 Å². The third-order valence-corrected chi connectivity index (χ3v) is 27.4. The number of benzene rings is 10. The second kappa shape index (κ2) is 33.9. The summed E-state index contributed by atoms with van der Waals surface area (Å²) in [6.07, 6.45) is 2.77. The number of nitrogens with zero attached hydrogens (tertiary/aromatic N) is 3. The number of allylic oxidation sites excluding steroid dienone is 1. The maximum Gasteiger partial charge on any atom is 0.150 e. The topological polar surface area (TPSA) is 144 Å². The monoisotopic (exact) mass is 1840 g/mol. The predicted molar refractivity (Wildman–Crippen MR) is 438 cm³/mol. The zero-order valence-electron chi connectivity index (χ0n) is 56.5. The molecule has 2 aliphatic carbocycles. The Morgan fingerprint density at radius 3 is 1.03 bits per heavy atom. The molecular weight excluding hydrogens is 1780 g/mol. The van der Waals surface area contributed by atoms with Crippen molar-refractivity contribution in [3.63, 3.8) is 0 Å². The number of aldehydes is 1. The molecule has 5 aromatic heterocycles. The first-order valence-electron chi connectivity index (χ1n) is 33.6. The Balaban J connectivity index is 0.000000106. The average molecular weight is 1840 g/mol. The standard InChI is InChI=1S/C26H15NO3Se.C17H11NO2Se.C16H11NOSe.C12H9NO.C9H6O2.C4H3ISe.C4H4Se/c28-25-17-7-1-2-8-18(17)26(29)19(25)15-16-13-14-24(31-16)27-20-9-3-5-11-22(20)30-23-12-6-4-10-21(23)27;19-11-12-9-10-17(21-12)18-13-5-1-3-7-15(13)20-16-8-4-2-6-14(16)18;1-3-8-14-12(6-1)17(16-10-5-11-19-16)13-7-2-4-9-15(13)18-14;1-3-7-11-9(5-1)13-10-6-2-4-8-12(10)14-11;10-8-5-9(11)7-4-2-1-3-6(7)8;5-4-2-1-3-6-4;1-2-4-5-3-1/h1-15H;1-11H;1-11H;1-8,13H;1-4H,5H2;1-3H;1-4H. The smallest absolute Gasteiger partial charge is 0.150 e. The van der Waals surface area contributed by atoms with Crippen LogP contribution in [0.4, 0.5) is 59.2 Å². The molecule has 0 unspecified atom stereocenters. The van der Waals surface area contributed by atoms with Crippen LogP contribution in [0.15, 0.2) is 329 Å². The van der Waals surface area contributed by atoms with E-state index in [1.807, 2.05) is 188 Å². The third-order valence-electron chi connectivity index (χ3n) is 17.0. The number of hydrogen-bond donors (Lipinski definition) is 1. The summed E-state index contributed by atoms with van der Waals surface area (Å²) in [6.45, 7) is 0. The van der Waals surface area contributed by atoms with E-state index in [0.717, 1.165) is 116 Å². The fraction of sp³-hybridized carbons (Fsp3) is 0.0114. The number of para-hydroxylation sites is 16. The van der Waals surface area contributed by atoms with Gasteiger partial charge in [-0.05, 0) is 24.3 Å². The molecule has 4 aliphatic heterocycles. The summed E-state index contributed by atoms with van der Waals surface area (Å²) >= 11 is 4.11. The molecule has 0 fully saturated rings. The van der Waals surface area contributed by atoms with Crippen LogP contribution in [0, 0.1) is 2.44 Å². The number of hydrogen-bond acceptors (Lipinski definition) is 13. The zero-order valence-corrected chi connectivity index (χ0v) is 67.2. The van der Waals surface area contributed by atoms with Gasteiger partial charge in [0.15, 0.2) is 23.1 Å². The van der Waals surface area contributed by atoms with Gasteiger partial charge in [0, 0.05) is 11.1 Å². The number of carbonyl (C=O) groups is 5. The van der Waals surface area contributed by atoms with Crippen molar-refractivity contribution < 1.29 is 42.9 Å². The Bertz CT molecular complexity index is 5440. The number of nitrogens with one attached hydrogen (secondary N) is 1. The van der Waals surface area contributed by atoms with Crippen LogP contribution in [0.1, 0.15) is 61.5 Å². The van der Waals surface area contributed by atoms with Gasteiger partial charge in [0.25, 0.3) is 0 Å². The number of Topliss-reactive ketones (excluding diaryl/α,β-unsaturated/α-hetero) is 4. The number of anilines is 11. The van der Waals surface area contributed by atoms with Crippen LogP contribution in [0.25, 0.3) is 6.08 Å². The number of rotatable bonds is 5. The number of ether oxygens (including phenoxy) is 4. The van der Waals surface area contributed by atoms with Crippen LogP contribution in [0.5, 0.6) is 46.0 Å². The number of fused-ring (bicyclic) bond motifs is 10. The molecule has 13 nitrogen and oxygen atoms in total. The van der Waals surface area contributed by atoms with Crippen molar-refractivity contribution in [1.82, 2.24) is 0 Å². The molecule has 0 saturated carbocycles. The van der Waals surface area contributed by atoms with Gasteiger partial charge in [-0.1, -0.05) is 48.5 Å². The summed E-state index contributed by atoms with van der Waals surface area (Å²) in [6, 6.07) is 98.8. The molecule has 0 bridgehead atoms. The van der Waals surface area contributed by atoms with Crippen molar-refractivity contribution in [2.45, 2.75) is 6.42 Å². The van der Waals surface area contributed by atoms with Crippen LogP contribution in [0.3, 0.4) is 0 Å². The van der Waals surface area contributed by atoms with E-state index in [1.54, 1.807) is 54.6 Å². The normalized spacial score (nSPS) is 12.7. The Morgan fingerprint density at radius 2 is 0.673 bits per heavy atom. The summed E-state index contributed by atoms with van der Waals surface area (Å²) in [5.41, 5.74) is 10.7. The van der Waals surface area contributed by atoms with Crippen molar-refractivity contribution in [3.8, 4) is 46.0 Å². The summed E-state index contributed by atoms with van der Waals surface area (Å²) in [7, 11) is 0. The molecule has 0 spiro atoms. The average Bonchev–Trinajstić information content (AvgIpc) is 1.72. The van der Waals surface area contributed by atoms with Gasteiger partial charge in [-0.2, -0.15) is 0 Å². The third kappa shape index (κ3) is 16.2. The van der Waals surface area contributed by atoms with Crippen LogP contribution in [-0.2, 0) is 0 Å². The van der Waals surface area contributed by atoms with Gasteiger partial charge in [0.1, 0.15) is 0 Å². The molecule has 107 heavy (non-hydrogen) atoms. The molecule has 19 heteroatoms. The van der Waals surface area contributed by atoms with Gasteiger partial charge in [0.2, 0.25) is 0 Å². The predicted octanol–water partition coefficient (Wildman–Crippen LogP) is 21.3. The van der Waals surface area contributed by atoms with Gasteiger partial charge in [-0.25, -0.2) is 0 Å². The van der Waals surface area contributed by atoms with Crippen molar-refractivity contribution >= 4 is 190 Å². The molecule has 0 amide bonds. The second-order valence-electron chi connectivity index (χ2n) is 23.8. The van der Waals surface area contributed by atoms with Crippen LogP contribution in [0.2, 0.25) is 0 Å². The number of halogens is 1. The summed E-state index contributed by atoms with van der Waals surface area (Å²) in [5, 5.41) is 3.32. The van der Waals surface area contributed by atoms with E-state index in [1.165, 1.54) is 7.01 Å². The molecule has 21 rings (SSSR count). The number of carbonyl (C=O) groups excluding carboxylic acids is 5. The van der Waals surface area contributed by atoms with Crippen LogP contribution in [-0.4, -0.2) is 102 Å². The van der Waals surface area contributed by atoms with E-state index < -0.39 is 0 Å². The molecular formula is C88H59IN4O9Se5. The van der Waals surface area contributed by atoms with E-state index in [4.69, 9.17) is 18.9 Å². The van der Waals surface area contributed by atoms with Crippen molar-refractivity contribution in [3.05, 3.63) is 362 Å². The minimum atomic E-state index is -0.187. The fourth-order valence-electron chi connectivity index (χ4n) is 12.2. The van der Waals surface area contributed by atoms with E-state index in [0.29, 0.717) is 65.8 Å². The largest absolute Gasteiger partial charge is 0.453 e. The van der Waals surface area contributed by atoms with E-state index in [9.17, 15) is 24.0 Å². The quantitative estimate of drug-likeness (QED) is 0.0436. The molecule has 0 radical (unpaired) electrons. The molecule has 0 saturated heterocycles. The fourth-order valence-corrected chi connectivity index (χ4v) is 20.5. The molecule has 15 aromatic rings. The second-order valence-corrected chi connectivity index (χ2v) is 36.8. The first-order valence-corrected chi connectivity index (χ1v) is 43.8. The zero-order chi connectivity index (χ0) is 73.0. The van der Waals surface area contributed by atoms with Crippen molar-refractivity contribution in [2.75, 3.05) is 20.0 Å². The number of ketones is 4. The SMILES string of the molecule is Ic1ccc[se]1.O=C1C(=Cc2ccc(N3c4ccccc4Oc4ccccc43)[se]2)C(=O)c2ccccc21.O=C1CC(=O)c2ccccc21.O=Cc1ccc(N2c3ccccc3Oc3ccccc32)[se]1.c1c[se]c(N2c3ccccc3Oc3ccccc32)c1.c1cc[se]c1.c1ccc2c(c1)Nc1ccccc1O2. The van der Waals surface area contributed by atoms with Gasteiger partial charge in [-0.3, -0.25) is 9.59 Å². The Labute approximate surface area is 661 Å².